The van der Waals surface area contributed by atoms with E-state index in [-0.39, 0.29) is 0 Å². The molecule has 2 aromatic rings. The summed E-state index contributed by atoms with van der Waals surface area (Å²) in [4.78, 5) is 0. The third kappa shape index (κ3) is 3.20. The first-order valence-corrected chi connectivity index (χ1v) is 5.94. The Morgan fingerprint density at radius 3 is 2.88 bits per heavy atom. The summed E-state index contributed by atoms with van der Waals surface area (Å²) in [6.07, 6.45) is 3.71. The van der Waals surface area contributed by atoms with Gasteiger partial charge >= 0.3 is 0 Å². The van der Waals surface area contributed by atoms with Crippen LogP contribution in [0.3, 0.4) is 0 Å². The fourth-order valence-corrected chi connectivity index (χ4v) is 1.68. The van der Waals surface area contributed by atoms with Gasteiger partial charge in [0.15, 0.2) is 0 Å². The monoisotopic (exact) mass is 233 g/mol. The van der Waals surface area contributed by atoms with E-state index < -0.39 is 0 Å². The molecule has 0 fully saturated rings. The van der Waals surface area contributed by atoms with Crippen molar-refractivity contribution >= 4 is 0 Å². The van der Waals surface area contributed by atoms with Crippen LogP contribution in [0.4, 0.5) is 0 Å². The fourth-order valence-electron chi connectivity index (χ4n) is 1.68. The van der Waals surface area contributed by atoms with Gasteiger partial charge in [0.1, 0.15) is 5.76 Å². The van der Waals surface area contributed by atoms with Crippen molar-refractivity contribution in [2.45, 2.75) is 39.9 Å². The van der Waals surface area contributed by atoms with Gasteiger partial charge in [-0.15, -0.1) is 0 Å². The van der Waals surface area contributed by atoms with E-state index in [1.807, 2.05) is 29.9 Å². The minimum Gasteiger partial charge on any atom is -0.467 e. The maximum Gasteiger partial charge on any atom is 0.129 e. The number of aryl methyl sites for hydroxylation is 1. The first kappa shape index (κ1) is 11.9. The lowest BCUT2D eigenvalue weighted by Crippen LogP contribution is -2.22. The third-order valence-electron chi connectivity index (χ3n) is 2.62. The van der Waals surface area contributed by atoms with Gasteiger partial charge < -0.3 is 9.73 Å². The average Bonchev–Trinajstić information content (AvgIpc) is 2.86. The van der Waals surface area contributed by atoms with E-state index >= 15 is 0 Å². The van der Waals surface area contributed by atoms with Crippen LogP contribution in [0.25, 0.3) is 0 Å². The normalized spacial score (nSPS) is 11.3. The second-order valence-electron chi connectivity index (χ2n) is 4.56. The molecule has 92 valence electrons. The molecular weight excluding hydrogens is 214 g/mol. The smallest absolute Gasteiger partial charge is 0.129 e. The minimum absolute atomic E-state index is 0.477. The number of nitrogens with zero attached hydrogens (tertiary/aromatic N) is 2. The molecule has 1 N–H and O–H groups in total. The zero-order valence-corrected chi connectivity index (χ0v) is 10.6. The SMILES string of the molecule is Cc1ccn(Cc2occc2CNC(C)C)n1. The van der Waals surface area contributed by atoms with Gasteiger partial charge in [-0.3, -0.25) is 4.68 Å². The topological polar surface area (TPSA) is 43.0 Å². The molecule has 0 bridgehead atoms. The van der Waals surface area contributed by atoms with Crippen molar-refractivity contribution in [2.24, 2.45) is 0 Å². The maximum absolute atomic E-state index is 5.51. The van der Waals surface area contributed by atoms with Crippen molar-refractivity contribution in [1.29, 1.82) is 0 Å². The average molecular weight is 233 g/mol. The molecule has 0 aliphatic heterocycles. The Bertz CT molecular complexity index is 470. The molecule has 0 unspecified atom stereocenters. The molecule has 2 heterocycles. The van der Waals surface area contributed by atoms with E-state index in [0.717, 1.165) is 18.0 Å². The zero-order chi connectivity index (χ0) is 12.3. The van der Waals surface area contributed by atoms with E-state index in [2.05, 4.69) is 24.3 Å². The van der Waals surface area contributed by atoms with Crippen molar-refractivity contribution < 1.29 is 4.42 Å². The van der Waals surface area contributed by atoms with Crippen LogP contribution in [0.1, 0.15) is 30.9 Å². The number of furan rings is 1. The molecule has 17 heavy (non-hydrogen) atoms. The minimum atomic E-state index is 0.477. The van der Waals surface area contributed by atoms with Crippen LogP contribution in [0, 0.1) is 6.92 Å². The molecule has 0 radical (unpaired) electrons. The molecule has 0 amide bonds. The van der Waals surface area contributed by atoms with Crippen LogP contribution in [0.5, 0.6) is 0 Å². The van der Waals surface area contributed by atoms with Crippen molar-refractivity contribution in [3.8, 4) is 0 Å². The quantitative estimate of drug-likeness (QED) is 0.862. The molecule has 0 aliphatic carbocycles. The third-order valence-corrected chi connectivity index (χ3v) is 2.62. The van der Waals surface area contributed by atoms with Gasteiger partial charge in [0, 0.05) is 24.3 Å². The van der Waals surface area contributed by atoms with Crippen molar-refractivity contribution in [3.05, 3.63) is 41.6 Å². The molecule has 0 atom stereocenters. The summed E-state index contributed by atoms with van der Waals surface area (Å²) >= 11 is 0. The predicted octanol–water partition coefficient (Wildman–Crippen LogP) is 2.33. The number of nitrogens with one attached hydrogen (secondary N) is 1. The van der Waals surface area contributed by atoms with Gasteiger partial charge in [0.25, 0.3) is 0 Å². The van der Waals surface area contributed by atoms with Crippen LogP contribution in [0.15, 0.2) is 29.0 Å². The van der Waals surface area contributed by atoms with Gasteiger partial charge in [-0.2, -0.15) is 5.10 Å². The second-order valence-corrected chi connectivity index (χ2v) is 4.56. The predicted molar refractivity (Wildman–Crippen MR) is 66.7 cm³/mol. The van der Waals surface area contributed by atoms with Crippen LogP contribution in [0.2, 0.25) is 0 Å². The standard InChI is InChI=1S/C13H19N3O/c1-10(2)14-8-12-5-7-17-13(12)9-16-6-4-11(3)15-16/h4-7,10,14H,8-9H2,1-3H3. The molecule has 2 rings (SSSR count). The highest BCUT2D eigenvalue weighted by Crippen LogP contribution is 2.12. The first-order valence-electron chi connectivity index (χ1n) is 5.94. The summed E-state index contributed by atoms with van der Waals surface area (Å²) in [6, 6.07) is 4.49. The van der Waals surface area contributed by atoms with Crippen molar-refractivity contribution in [3.63, 3.8) is 0 Å². The van der Waals surface area contributed by atoms with Gasteiger partial charge in [-0.25, -0.2) is 0 Å². The Hall–Kier alpha value is -1.55. The molecule has 0 aliphatic rings. The highest BCUT2D eigenvalue weighted by atomic mass is 16.3. The van der Waals surface area contributed by atoms with E-state index in [1.165, 1.54) is 5.56 Å². The Morgan fingerprint density at radius 2 is 2.24 bits per heavy atom. The molecule has 0 spiro atoms. The van der Waals surface area contributed by atoms with Crippen molar-refractivity contribution in [2.75, 3.05) is 0 Å². The molecule has 4 nitrogen and oxygen atoms in total. The lowest BCUT2D eigenvalue weighted by molar-refractivity contribution is 0.469. The number of hydrogen-bond acceptors (Lipinski definition) is 3. The molecule has 0 aromatic carbocycles. The number of hydrogen-bond donors (Lipinski definition) is 1. The molecule has 0 saturated carbocycles. The zero-order valence-electron chi connectivity index (χ0n) is 10.6. The highest BCUT2D eigenvalue weighted by Gasteiger charge is 2.08. The van der Waals surface area contributed by atoms with Gasteiger partial charge in [-0.1, -0.05) is 13.8 Å². The van der Waals surface area contributed by atoms with Crippen LogP contribution in [-0.2, 0) is 13.1 Å². The molecule has 0 saturated heterocycles. The number of aromatic nitrogens is 2. The van der Waals surface area contributed by atoms with Crippen LogP contribution < -0.4 is 5.32 Å². The highest BCUT2D eigenvalue weighted by molar-refractivity contribution is 5.17. The Labute approximate surface area is 102 Å². The van der Waals surface area contributed by atoms with Crippen LogP contribution >= 0.6 is 0 Å². The molecule has 4 heteroatoms. The van der Waals surface area contributed by atoms with Gasteiger partial charge in [0.2, 0.25) is 0 Å². The molecular formula is C13H19N3O. The fraction of sp³-hybridized carbons (Fsp3) is 0.462. The maximum atomic E-state index is 5.51. The van der Waals surface area contributed by atoms with E-state index in [1.54, 1.807) is 6.26 Å². The summed E-state index contributed by atoms with van der Waals surface area (Å²) in [5.74, 6) is 0.973. The summed E-state index contributed by atoms with van der Waals surface area (Å²) < 4.78 is 7.41. The summed E-state index contributed by atoms with van der Waals surface area (Å²) in [7, 11) is 0. The largest absolute Gasteiger partial charge is 0.467 e. The first-order chi connectivity index (χ1) is 8.15. The number of rotatable bonds is 5. The van der Waals surface area contributed by atoms with E-state index in [0.29, 0.717) is 12.6 Å². The lowest BCUT2D eigenvalue weighted by Gasteiger charge is -2.08. The lowest BCUT2D eigenvalue weighted by atomic mass is 10.2. The second kappa shape index (κ2) is 5.19. The Balaban J connectivity index is 2.03. The van der Waals surface area contributed by atoms with Crippen molar-refractivity contribution in [1.82, 2.24) is 15.1 Å². The van der Waals surface area contributed by atoms with Gasteiger partial charge in [-0.05, 0) is 19.1 Å². The summed E-state index contributed by atoms with van der Waals surface area (Å²) in [5, 5.41) is 7.75. The van der Waals surface area contributed by atoms with Crippen LogP contribution in [-0.4, -0.2) is 15.8 Å². The summed E-state index contributed by atoms with van der Waals surface area (Å²) in [5.41, 5.74) is 2.23. The Kier molecular flexibility index (Phi) is 3.64. The van der Waals surface area contributed by atoms with E-state index in [9.17, 15) is 0 Å². The van der Waals surface area contributed by atoms with E-state index in [4.69, 9.17) is 4.42 Å². The Morgan fingerprint density at radius 1 is 1.41 bits per heavy atom. The summed E-state index contributed by atoms with van der Waals surface area (Å²) in [6.45, 7) is 7.78. The molecule has 2 aromatic heterocycles. The van der Waals surface area contributed by atoms with Gasteiger partial charge in [0.05, 0.1) is 18.5 Å².